The van der Waals surface area contributed by atoms with E-state index in [1.807, 2.05) is 11.8 Å². The molecule has 0 aliphatic heterocycles. The highest BCUT2D eigenvalue weighted by atomic mass is 32.2. The number of benzene rings is 3. The highest BCUT2D eigenvalue weighted by Crippen LogP contribution is 2.32. The van der Waals surface area contributed by atoms with Gasteiger partial charge in [0.2, 0.25) is 0 Å². The Bertz CT molecular complexity index is 1210. The Morgan fingerprint density at radius 2 is 1.61 bits per heavy atom. The molecule has 3 nitrogen and oxygen atoms in total. The lowest BCUT2D eigenvalue weighted by Gasteiger charge is -2.11. The standard InChI is InChI=1S/C27H30N2OS/c1-5-29-26-13-9-21(18-30-4)15-24(26)25-16-22(10-14-27(25)29)19(3)28-17-20-7-11-23(12-8-20)31-6-2/h7-16,28H,3,5-6,17-18H2,1-2,4H3. The van der Waals surface area contributed by atoms with E-state index in [2.05, 4.69) is 91.0 Å². The van der Waals surface area contributed by atoms with Crippen LogP contribution in [0.25, 0.3) is 27.5 Å². The SMILES string of the molecule is C=C(NCc1ccc(SCC)cc1)c1ccc2c(c1)c1cc(COC)ccc1n2CC. The van der Waals surface area contributed by atoms with Gasteiger partial charge in [0.15, 0.2) is 0 Å². The van der Waals surface area contributed by atoms with E-state index in [1.165, 1.54) is 37.8 Å². The lowest BCUT2D eigenvalue weighted by Crippen LogP contribution is -2.10. The minimum atomic E-state index is 0.623. The average Bonchev–Trinajstić information content (AvgIpc) is 3.11. The molecule has 160 valence electrons. The number of aryl methyl sites for hydroxylation is 1. The lowest BCUT2D eigenvalue weighted by atomic mass is 10.1. The van der Waals surface area contributed by atoms with Crippen molar-refractivity contribution >= 4 is 39.3 Å². The predicted molar refractivity (Wildman–Crippen MR) is 135 cm³/mol. The number of methoxy groups -OCH3 is 1. The van der Waals surface area contributed by atoms with Crippen molar-refractivity contribution in [2.45, 2.75) is 38.4 Å². The van der Waals surface area contributed by atoms with Crippen LogP contribution in [0.15, 0.2) is 72.1 Å². The van der Waals surface area contributed by atoms with Gasteiger partial charge in [-0.1, -0.05) is 37.8 Å². The second-order valence-electron chi connectivity index (χ2n) is 7.67. The molecular weight excluding hydrogens is 400 g/mol. The Balaban J connectivity index is 1.60. The molecule has 4 aromatic rings. The molecule has 4 heteroatoms. The molecule has 0 saturated heterocycles. The minimum Gasteiger partial charge on any atom is -0.381 e. The summed E-state index contributed by atoms with van der Waals surface area (Å²) in [6.07, 6.45) is 0. The van der Waals surface area contributed by atoms with Crippen molar-refractivity contribution in [1.29, 1.82) is 0 Å². The molecule has 0 amide bonds. The van der Waals surface area contributed by atoms with E-state index in [4.69, 9.17) is 4.74 Å². The quantitative estimate of drug-likeness (QED) is 0.295. The summed E-state index contributed by atoms with van der Waals surface area (Å²) < 4.78 is 7.72. The van der Waals surface area contributed by atoms with Crippen LogP contribution in [-0.4, -0.2) is 17.4 Å². The molecule has 1 aromatic heterocycles. The first-order chi connectivity index (χ1) is 15.1. The van der Waals surface area contributed by atoms with E-state index in [0.717, 1.165) is 30.1 Å². The third-order valence-electron chi connectivity index (χ3n) is 5.65. The molecule has 0 bridgehead atoms. The number of nitrogens with one attached hydrogen (secondary N) is 1. The van der Waals surface area contributed by atoms with E-state index < -0.39 is 0 Å². The van der Waals surface area contributed by atoms with Gasteiger partial charge in [0, 0.05) is 52.6 Å². The van der Waals surface area contributed by atoms with Crippen LogP contribution in [0.2, 0.25) is 0 Å². The number of thioether (sulfide) groups is 1. The molecule has 0 saturated carbocycles. The van der Waals surface area contributed by atoms with Crippen molar-refractivity contribution < 1.29 is 4.74 Å². The molecular formula is C27H30N2OS. The molecule has 0 radical (unpaired) electrons. The van der Waals surface area contributed by atoms with Gasteiger partial charge >= 0.3 is 0 Å². The molecule has 4 rings (SSSR count). The third kappa shape index (κ3) is 4.51. The Hall–Kier alpha value is -2.69. The summed E-state index contributed by atoms with van der Waals surface area (Å²) in [5, 5.41) is 6.03. The molecule has 1 N–H and O–H groups in total. The number of hydrogen-bond acceptors (Lipinski definition) is 3. The highest BCUT2D eigenvalue weighted by molar-refractivity contribution is 7.99. The van der Waals surface area contributed by atoms with E-state index >= 15 is 0 Å². The van der Waals surface area contributed by atoms with Crippen LogP contribution in [0.5, 0.6) is 0 Å². The summed E-state index contributed by atoms with van der Waals surface area (Å²) in [6, 6.07) is 22.0. The third-order valence-corrected chi connectivity index (χ3v) is 6.54. The highest BCUT2D eigenvalue weighted by Gasteiger charge is 2.12. The van der Waals surface area contributed by atoms with Crippen LogP contribution >= 0.6 is 11.8 Å². The predicted octanol–water partition coefficient (Wildman–Crippen LogP) is 6.83. The van der Waals surface area contributed by atoms with Crippen molar-refractivity contribution in [3.8, 4) is 0 Å². The van der Waals surface area contributed by atoms with E-state index in [9.17, 15) is 0 Å². The Morgan fingerprint density at radius 3 is 2.29 bits per heavy atom. The van der Waals surface area contributed by atoms with Crippen molar-refractivity contribution in [3.05, 3.63) is 83.9 Å². The van der Waals surface area contributed by atoms with Crippen LogP contribution in [0.4, 0.5) is 0 Å². The zero-order valence-electron chi connectivity index (χ0n) is 18.6. The van der Waals surface area contributed by atoms with E-state index in [0.29, 0.717) is 6.61 Å². The monoisotopic (exact) mass is 430 g/mol. The van der Waals surface area contributed by atoms with Gasteiger partial charge in [-0.3, -0.25) is 0 Å². The van der Waals surface area contributed by atoms with Gasteiger partial charge in [-0.25, -0.2) is 0 Å². The van der Waals surface area contributed by atoms with Crippen molar-refractivity contribution in [2.24, 2.45) is 0 Å². The number of aromatic nitrogens is 1. The number of rotatable bonds is 9. The molecule has 0 aliphatic carbocycles. The van der Waals surface area contributed by atoms with Crippen molar-refractivity contribution in [3.63, 3.8) is 0 Å². The van der Waals surface area contributed by atoms with Gasteiger partial charge in [-0.05, 0) is 65.8 Å². The van der Waals surface area contributed by atoms with Gasteiger partial charge < -0.3 is 14.6 Å². The zero-order chi connectivity index (χ0) is 21.8. The molecule has 0 spiro atoms. The average molecular weight is 431 g/mol. The van der Waals surface area contributed by atoms with Crippen LogP contribution in [0, 0.1) is 0 Å². The summed E-state index contributed by atoms with van der Waals surface area (Å²) in [4.78, 5) is 1.32. The normalized spacial score (nSPS) is 11.3. The summed E-state index contributed by atoms with van der Waals surface area (Å²) >= 11 is 1.87. The van der Waals surface area contributed by atoms with Crippen LogP contribution in [0.3, 0.4) is 0 Å². The summed E-state index contributed by atoms with van der Waals surface area (Å²) in [5.74, 6) is 1.10. The largest absolute Gasteiger partial charge is 0.381 e. The Morgan fingerprint density at radius 1 is 0.935 bits per heavy atom. The number of fused-ring (bicyclic) bond motifs is 3. The molecule has 0 fully saturated rings. The van der Waals surface area contributed by atoms with E-state index in [1.54, 1.807) is 7.11 Å². The number of nitrogens with zero attached hydrogens (tertiary/aromatic N) is 1. The zero-order valence-corrected chi connectivity index (χ0v) is 19.4. The first-order valence-electron chi connectivity index (χ1n) is 10.8. The fraction of sp³-hybridized carbons (Fsp3) is 0.259. The van der Waals surface area contributed by atoms with Gasteiger partial charge in [0.1, 0.15) is 0 Å². The Labute approximate surface area is 189 Å². The van der Waals surface area contributed by atoms with Crippen molar-refractivity contribution in [1.82, 2.24) is 9.88 Å². The maximum atomic E-state index is 5.35. The van der Waals surface area contributed by atoms with Gasteiger partial charge in [0.05, 0.1) is 6.61 Å². The maximum absolute atomic E-state index is 5.35. The van der Waals surface area contributed by atoms with Gasteiger partial charge in [-0.2, -0.15) is 0 Å². The summed E-state index contributed by atoms with van der Waals surface area (Å²) in [5.41, 5.74) is 7.04. The number of hydrogen-bond donors (Lipinski definition) is 1. The second-order valence-corrected chi connectivity index (χ2v) is 9.01. The van der Waals surface area contributed by atoms with E-state index in [-0.39, 0.29) is 0 Å². The fourth-order valence-electron chi connectivity index (χ4n) is 4.12. The topological polar surface area (TPSA) is 26.2 Å². The van der Waals surface area contributed by atoms with Crippen LogP contribution < -0.4 is 5.32 Å². The van der Waals surface area contributed by atoms with Gasteiger partial charge in [0.25, 0.3) is 0 Å². The summed E-state index contributed by atoms with van der Waals surface area (Å²) in [7, 11) is 1.74. The lowest BCUT2D eigenvalue weighted by molar-refractivity contribution is 0.185. The molecule has 3 aromatic carbocycles. The molecule has 0 aliphatic rings. The van der Waals surface area contributed by atoms with Crippen molar-refractivity contribution in [2.75, 3.05) is 12.9 Å². The first kappa shape index (κ1) is 21.5. The number of ether oxygens (including phenoxy) is 1. The van der Waals surface area contributed by atoms with Crippen LogP contribution in [0.1, 0.15) is 30.5 Å². The van der Waals surface area contributed by atoms with Gasteiger partial charge in [-0.15, -0.1) is 11.8 Å². The fourth-order valence-corrected chi connectivity index (χ4v) is 4.78. The Kier molecular flexibility index (Phi) is 6.69. The molecule has 31 heavy (non-hydrogen) atoms. The smallest absolute Gasteiger partial charge is 0.0713 e. The second kappa shape index (κ2) is 9.63. The molecule has 0 atom stereocenters. The maximum Gasteiger partial charge on any atom is 0.0713 e. The van der Waals surface area contributed by atoms with Crippen LogP contribution in [-0.2, 0) is 24.4 Å². The molecule has 0 unspecified atom stereocenters. The first-order valence-corrected chi connectivity index (χ1v) is 11.8. The minimum absolute atomic E-state index is 0.623. The summed E-state index contributed by atoms with van der Waals surface area (Å²) in [6.45, 7) is 11.0. The molecule has 1 heterocycles.